The molecular formula is C50H31N5O. The van der Waals surface area contributed by atoms with E-state index in [0.717, 1.165) is 100 Å². The molecule has 0 unspecified atom stereocenters. The molecule has 4 heterocycles. The largest absolute Gasteiger partial charge is 0.455 e. The van der Waals surface area contributed by atoms with E-state index in [-0.39, 0.29) is 0 Å². The number of aromatic nitrogens is 5. The Morgan fingerprint density at radius 2 is 0.875 bits per heavy atom. The van der Waals surface area contributed by atoms with Crippen LogP contribution in [0.25, 0.3) is 105 Å². The Kier molecular flexibility index (Phi) is 6.53. The van der Waals surface area contributed by atoms with Crippen molar-refractivity contribution in [2.24, 2.45) is 0 Å². The first-order valence-electron chi connectivity index (χ1n) is 18.8. The Morgan fingerprint density at radius 1 is 0.357 bits per heavy atom. The van der Waals surface area contributed by atoms with Crippen molar-refractivity contribution < 1.29 is 4.42 Å². The van der Waals surface area contributed by atoms with Crippen molar-refractivity contribution in [2.45, 2.75) is 0 Å². The topological polar surface area (TPSA) is 53.7 Å². The number of hydrogen-bond acceptors (Lipinski definition) is 3. The van der Waals surface area contributed by atoms with Gasteiger partial charge in [-0.25, -0.2) is 0 Å². The average molecular weight is 718 g/mol. The summed E-state index contributed by atoms with van der Waals surface area (Å²) in [5.74, 6) is 1.59. The lowest BCUT2D eigenvalue weighted by Crippen LogP contribution is -2.03. The highest BCUT2D eigenvalue weighted by molar-refractivity contribution is 6.24. The van der Waals surface area contributed by atoms with Gasteiger partial charge in [-0.1, -0.05) is 127 Å². The van der Waals surface area contributed by atoms with Crippen LogP contribution in [0.3, 0.4) is 0 Å². The van der Waals surface area contributed by atoms with Crippen LogP contribution in [0.5, 0.6) is 0 Å². The van der Waals surface area contributed by atoms with E-state index in [9.17, 15) is 0 Å². The van der Waals surface area contributed by atoms with Crippen molar-refractivity contribution in [3.05, 3.63) is 188 Å². The van der Waals surface area contributed by atoms with Gasteiger partial charge in [-0.2, -0.15) is 0 Å². The molecule has 6 nitrogen and oxygen atoms in total. The number of benzene rings is 8. The summed E-state index contributed by atoms with van der Waals surface area (Å²) in [5.41, 5.74) is 11.4. The fourth-order valence-electron chi connectivity index (χ4n) is 8.77. The molecule has 0 aliphatic carbocycles. The van der Waals surface area contributed by atoms with Crippen molar-refractivity contribution in [3.8, 4) is 39.8 Å². The van der Waals surface area contributed by atoms with Gasteiger partial charge >= 0.3 is 0 Å². The van der Waals surface area contributed by atoms with Gasteiger partial charge in [0.05, 0.1) is 44.5 Å². The summed E-state index contributed by atoms with van der Waals surface area (Å²) in [6.45, 7) is 0. The second-order valence-electron chi connectivity index (χ2n) is 14.2. The Labute approximate surface area is 320 Å². The first-order chi connectivity index (χ1) is 27.8. The van der Waals surface area contributed by atoms with E-state index in [2.05, 4.69) is 159 Å². The van der Waals surface area contributed by atoms with Gasteiger partial charge in [0.2, 0.25) is 0 Å². The van der Waals surface area contributed by atoms with Gasteiger partial charge in [0.25, 0.3) is 0 Å². The van der Waals surface area contributed by atoms with E-state index in [1.807, 2.05) is 42.5 Å². The van der Waals surface area contributed by atoms with Gasteiger partial charge < -0.3 is 13.6 Å². The molecule has 0 aliphatic rings. The summed E-state index contributed by atoms with van der Waals surface area (Å²) in [5, 5.41) is 16.4. The van der Waals surface area contributed by atoms with Crippen LogP contribution >= 0.6 is 0 Å². The van der Waals surface area contributed by atoms with E-state index < -0.39 is 0 Å². The van der Waals surface area contributed by atoms with E-state index in [1.165, 1.54) is 5.39 Å². The van der Waals surface area contributed by atoms with Crippen LogP contribution in [-0.4, -0.2) is 23.9 Å². The predicted octanol–water partition coefficient (Wildman–Crippen LogP) is 12.7. The van der Waals surface area contributed by atoms with Crippen molar-refractivity contribution in [2.75, 3.05) is 0 Å². The fourth-order valence-corrected chi connectivity index (χ4v) is 8.77. The molecule has 0 amide bonds. The molecule has 0 fully saturated rings. The summed E-state index contributed by atoms with van der Waals surface area (Å²) in [6.07, 6.45) is 0. The Balaban J connectivity index is 1.12. The second-order valence-corrected chi connectivity index (χ2v) is 14.2. The minimum Gasteiger partial charge on any atom is -0.455 e. The fraction of sp³-hybridized carbons (Fsp3) is 0. The van der Waals surface area contributed by atoms with E-state index >= 15 is 0 Å². The first kappa shape index (κ1) is 30.7. The van der Waals surface area contributed by atoms with Crippen LogP contribution in [0.1, 0.15) is 0 Å². The van der Waals surface area contributed by atoms with Crippen LogP contribution in [0, 0.1) is 0 Å². The van der Waals surface area contributed by atoms with Gasteiger partial charge in [-0.3, -0.25) is 4.57 Å². The monoisotopic (exact) mass is 717 g/mol. The van der Waals surface area contributed by atoms with Gasteiger partial charge in [0, 0.05) is 38.1 Å². The zero-order valence-electron chi connectivity index (χ0n) is 30.0. The van der Waals surface area contributed by atoms with E-state index in [4.69, 9.17) is 14.6 Å². The molecule has 56 heavy (non-hydrogen) atoms. The van der Waals surface area contributed by atoms with Crippen LogP contribution < -0.4 is 0 Å². The Hall–Kier alpha value is -7.70. The van der Waals surface area contributed by atoms with E-state index in [0.29, 0.717) is 0 Å². The Bertz CT molecular complexity index is 3420. The number of para-hydroxylation sites is 5. The number of nitrogens with zero attached hydrogens (tertiary/aromatic N) is 5. The quantitative estimate of drug-likeness (QED) is 0.178. The lowest BCUT2D eigenvalue weighted by atomic mass is 10.1. The molecule has 12 rings (SSSR count). The SMILES string of the molecule is c1ccc(-c2nnc(-c3ccccc3)n2-c2ccc3c(c2)c2ccccc2n3-c2ccccc2-n2c3ccccc3c3c4oc5ccccc5c4ccc32)cc1. The van der Waals surface area contributed by atoms with E-state index in [1.54, 1.807) is 0 Å². The standard InChI is InChI=1S/C50H31N5O/c1-3-15-32(16-4-1)49-51-52-50(33-17-5-2-6-18-33)53(49)34-27-29-42-39(31-34)35-19-7-10-22-40(35)54(42)43-24-12-13-25-44(43)55-41-23-11-8-21-38(41)47-45(55)30-28-37-36-20-9-14-26-46(36)56-48(37)47/h1-31H. The van der Waals surface area contributed by atoms with Crippen molar-refractivity contribution in [3.63, 3.8) is 0 Å². The van der Waals surface area contributed by atoms with Crippen molar-refractivity contribution in [1.29, 1.82) is 0 Å². The normalized spacial score (nSPS) is 11.9. The number of hydrogen-bond donors (Lipinski definition) is 0. The number of rotatable bonds is 5. The zero-order chi connectivity index (χ0) is 36.7. The molecule has 0 spiro atoms. The predicted molar refractivity (Wildman–Crippen MR) is 228 cm³/mol. The van der Waals surface area contributed by atoms with Crippen LogP contribution in [-0.2, 0) is 0 Å². The molecule has 12 aromatic rings. The summed E-state index contributed by atoms with van der Waals surface area (Å²) >= 11 is 0. The molecule has 0 bridgehead atoms. The van der Waals surface area contributed by atoms with Gasteiger partial charge in [0.1, 0.15) is 11.2 Å². The highest BCUT2D eigenvalue weighted by Gasteiger charge is 2.23. The molecule has 0 saturated carbocycles. The molecule has 8 aromatic carbocycles. The molecular weight excluding hydrogens is 687 g/mol. The molecule has 262 valence electrons. The third-order valence-corrected chi connectivity index (χ3v) is 11.2. The van der Waals surface area contributed by atoms with Gasteiger partial charge in [0.15, 0.2) is 11.6 Å². The molecule has 0 radical (unpaired) electrons. The number of furan rings is 1. The lowest BCUT2D eigenvalue weighted by Gasteiger charge is -2.17. The third kappa shape index (κ3) is 4.38. The number of fused-ring (bicyclic) bond motifs is 10. The summed E-state index contributed by atoms with van der Waals surface area (Å²) in [6, 6.07) is 66.2. The summed E-state index contributed by atoms with van der Waals surface area (Å²) in [7, 11) is 0. The molecule has 0 atom stereocenters. The maximum absolute atomic E-state index is 6.63. The van der Waals surface area contributed by atoms with Crippen molar-refractivity contribution in [1.82, 2.24) is 23.9 Å². The molecule has 0 aliphatic heterocycles. The maximum Gasteiger partial charge on any atom is 0.168 e. The zero-order valence-corrected chi connectivity index (χ0v) is 30.0. The molecule has 0 saturated heterocycles. The van der Waals surface area contributed by atoms with Crippen LogP contribution in [0.15, 0.2) is 192 Å². The van der Waals surface area contributed by atoms with Gasteiger partial charge in [-0.15, -0.1) is 10.2 Å². The smallest absolute Gasteiger partial charge is 0.168 e. The van der Waals surface area contributed by atoms with Crippen molar-refractivity contribution >= 4 is 65.6 Å². The van der Waals surface area contributed by atoms with Crippen LogP contribution in [0.4, 0.5) is 0 Å². The summed E-state index contributed by atoms with van der Waals surface area (Å²) in [4.78, 5) is 0. The highest BCUT2D eigenvalue weighted by atomic mass is 16.3. The maximum atomic E-state index is 6.63. The molecule has 4 aromatic heterocycles. The first-order valence-corrected chi connectivity index (χ1v) is 18.8. The minimum atomic E-state index is 0.794. The molecule has 6 heteroatoms. The minimum absolute atomic E-state index is 0.794. The molecule has 0 N–H and O–H groups in total. The van der Waals surface area contributed by atoms with Gasteiger partial charge in [-0.05, 0) is 60.7 Å². The second kappa shape index (κ2) is 11.9. The highest BCUT2D eigenvalue weighted by Crippen LogP contribution is 2.43. The Morgan fingerprint density at radius 3 is 1.57 bits per heavy atom. The summed E-state index contributed by atoms with van der Waals surface area (Å²) < 4.78 is 13.6. The van der Waals surface area contributed by atoms with Crippen LogP contribution in [0.2, 0.25) is 0 Å². The average Bonchev–Trinajstić information content (AvgIpc) is 4.03. The third-order valence-electron chi connectivity index (χ3n) is 11.2. The lowest BCUT2D eigenvalue weighted by molar-refractivity contribution is 0.673.